The molecule has 1 saturated heterocycles. The highest BCUT2D eigenvalue weighted by molar-refractivity contribution is 5.84. The number of anilines is 1. The number of hydrogen-bond donors (Lipinski definition) is 2. The van der Waals surface area contributed by atoms with Gasteiger partial charge in [-0.15, -0.1) is 0 Å². The van der Waals surface area contributed by atoms with Crippen LogP contribution >= 0.6 is 0 Å². The van der Waals surface area contributed by atoms with Crippen LogP contribution < -0.4 is 10.6 Å². The maximum Gasteiger partial charge on any atom is 0.241 e. The lowest BCUT2D eigenvalue weighted by atomic mass is 9.80. The molecule has 1 atom stereocenters. The first-order chi connectivity index (χ1) is 13.0. The lowest BCUT2D eigenvalue weighted by molar-refractivity contribution is -0.131. The van der Waals surface area contributed by atoms with E-state index in [1.165, 1.54) is 19.8 Å². The fourth-order valence-corrected chi connectivity index (χ4v) is 3.97. The number of ether oxygens (including phenoxy) is 1. The van der Waals surface area contributed by atoms with Crippen molar-refractivity contribution in [1.29, 1.82) is 0 Å². The van der Waals surface area contributed by atoms with Gasteiger partial charge in [-0.25, -0.2) is 9.97 Å². The number of rotatable bonds is 5. The van der Waals surface area contributed by atoms with Crippen molar-refractivity contribution in [2.24, 2.45) is 5.92 Å². The van der Waals surface area contributed by atoms with Crippen molar-refractivity contribution in [3.05, 3.63) is 17.0 Å². The van der Waals surface area contributed by atoms with E-state index in [0.29, 0.717) is 32.3 Å². The van der Waals surface area contributed by atoms with E-state index < -0.39 is 0 Å². The van der Waals surface area contributed by atoms with E-state index in [0.717, 1.165) is 35.8 Å². The monoisotopic (exact) mass is 373 g/mol. The Labute approximate surface area is 159 Å². The van der Waals surface area contributed by atoms with Crippen molar-refractivity contribution < 1.29 is 14.3 Å². The van der Waals surface area contributed by atoms with E-state index in [1.54, 1.807) is 0 Å². The quantitative estimate of drug-likeness (QED) is 0.790. The standard InChI is InChI=1S/C19H27N5O3/c1-12-15-9-27-11-19(5-6-24(10-19)16(26)8-20-13(2)25)17(15)23-18(22-12)21-7-14-3-4-14/h14H,3-11H2,1-2H3,(H,20,25)(H,21,22,23)/t19-/m0/s1. The van der Waals surface area contributed by atoms with Crippen molar-refractivity contribution in [2.75, 3.05) is 38.1 Å². The van der Waals surface area contributed by atoms with Gasteiger partial charge in [-0.3, -0.25) is 9.59 Å². The van der Waals surface area contributed by atoms with Gasteiger partial charge in [-0.05, 0) is 32.1 Å². The minimum absolute atomic E-state index is 0.0378. The molecular formula is C19H27N5O3. The number of nitrogens with one attached hydrogen (secondary N) is 2. The third-order valence-corrected chi connectivity index (χ3v) is 5.78. The van der Waals surface area contributed by atoms with Crippen LogP contribution in [-0.4, -0.2) is 59.5 Å². The predicted octanol–water partition coefficient (Wildman–Crippen LogP) is 0.743. The molecule has 3 aliphatic rings. The highest BCUT2D eigenvalue weighted by Crippen LogP contribution is 2.40. The van der Waals surface area contributed by atoms with Crippen molar-refractivity contribution in [1.82, 2.24) is 20.2 Å². The lowest BCUT2D eigenvalue weighted by Crippen LogP contribution is -2.44. The fourth-order valence-electron chi connectivity index (χ4n) is 3.97. The molecule has 3 heterocycles. The Kier molecular flexibility index (Phi) is 4.75. The van der Waals surface area contributed by atoms with Crippen molar-refractivity contribution in [2.45, 2.75) is 45.1 Å². The maximum atomic E-state index is 12.4. The molecule has 0 aromatic carbocycles. The molecule has 1 saturated carbocycles. The number of carbonyl (C=O) groups excluding carboxylic acids is 2. The summed E-state index contributed by atoms with van der Waals surface area (Å²) in [4.78, 5) is 34.8. The van der Waals surface area contributed by atoms with Crippen LogP contribution in [0, 0.1) is 12.8 Å². The Morgan fingerprint density at radius 3 is 2.89 bits per heavy atom. The van der Waals surface area contributed by atoms with Crippen LogP contribution in [0.5, 0.6) is 0 Å². The number of carbonyl (C=O) groups is 2. The molecule has 8 heteroatoms. The smallest absolute Gasteiger partial charge is 0.241 e. The Morgan fingerprint density at radius 2 is 2.15 bits per heavy atom. The summed E-state index contributed by atoms with van der Waals surface area (Å²) >= 11 is 0. The van der Waals surface area contributed by atoms with Crippen LogP contribution in [0.2, 0.25) is 0 Å². The first kappa shape index (κ1) is 18.2. The molecule has 8 nitrogen and oxygen atoms in total. The van der Waals surface area contributed by atoms with Crippen LogP contribution in [0.1, 0.15) is 43.1 Å². The largest absolute Gasteiger partial charge is 0.376 e. The van der Waals surface area contributed by atoms with Crippen molar-refractivity contribution in [3.63, 3.8) is 0 Å². The third kappa shape index (κ3) is 3.76. The van der Waals surface area contributed by atoms with Gasteiger partial charge in [0.05, 0.1) is 30.9 Å². The third-order valence-electron chi connectivity index (χ3n) is 5.78. The van der Waals surface area contributed by atoms with Gasteiger partial charge in [0.1, 0.15) is 0 Å². The average molecular weight is 373 g/mol. The molecule has 2 amide bonds. The van der Waals surface area contributed by atoms with Gasteiger partial charge in [0.2, 0.25) is 17.8 Å². The second-order valence-electron chi connectivity index (χ2n) is 8.03. The number of amides is 2. The van der Waals surface area contributed by atoms with Crippen molar-refractivity contribution in [3.8, 4) is 0 Å². The predicted molar refractivity (Wildman–Crippen MR) is 99.2 cm³/mol. The zero-order valence-corrected chi connectivity index (χ0v) is 16.0. The molecule has 1 aliphatic carbocycles. The summed E-state index contributed by atoms with van der Waals surface area (Å²) in [7, 11) is 0. The molecule has 2 N–H and O–H groups in total. The van der Waals surface area contributed by atoms with Crippen molar-refractivity contribution >= 4 is 17.8 Å². The Morgan fingerprint density at radius 1 is 1.33 bits per heavy atom. The number of fused-ring (bicyclic) bond motifs is 2. The molecular weight excluding hydrogens is 346 g/mol. The maximum absolute atomic E-state index is 12.4. The second kappa shape index (κ2) is 7.07. The molecule has 0 unspecified atom stereocenters. The summed E-state index contributed by atoms with van der Waals surface area (Å²) in [5.74, 6) is 1.17. The Balaban J connectivity index is 1.54. The first-order valence-electron chi connectivity index (χ1n) is 9.69. The van der Waals surface area contributed by atoms with E-state index >= 15 is 0 Å². The fraction of sp³-hybridized carbons (Fsp3) is 0.684. The number of nitrogens with zero attached hydrogens (tertiary/aromatic N) is 3. The molecule has 1 aromatic heterocycles. The van der Waals surface area contributed by atoms with E-state index in [1.807, 2.05) is 11.8 Å². The normalized spacial score (nSPS) is 24.0. The summed E-state index contributed by atoms with van der Waals surface area (Å²) in [5.41, 5.74) is 2.73. The Bertz CT molecular complexity index is 764. The number of aryl methyl sites for hydroxylation is 1. The van der Waals surface area contributed by atoms with E-state index in [2.05, 4.69) is 15.6 Å². The van der Waals surface area contributed by atoms with Crippen LogP contribution in [-0.2, 0) is 26.3 Å². The number of likely N-dealkylation sites (tertiary alicyclic amines) is 1. The minimum Gasteiger partial charge on any atom is -0.376 e. The van der Waals surface area contributed by atoms with Gasteiger partial charge in [-0.1, -0.05) is 0 Å². The first-order valence-corrected chi connectivity index (χ1v) is 9.69. The van der Waals surface area contributed by atoms with E-state index in [-0.39, 0.29) is 23.8 Å². The number of hydrogen-bond acceptors (Lipinski definition) is 6. The second-order valence-corrected chi connectivity index (χ2v) is 8.03. The molecule has 0 bridgehead atoms. The summed E-state index contributed by atoms with van der Waals surface area (Å²) < 4.78 is 5.88. The summed E-state index contributed by atoms with van der Waals surface area (Å²) in [6, 6.07) is 0. The highest BCUT2D eigenvalue weighted by Gasteiger charge is 2.46. The van der Waals surface area contributed by atoms with Gasteiger partial charge in [-0.2, -0.15) is 0 Å². The van der Waals surface area contributed by atoms with Gasteiger partial charge in [0.25, 0.3) is 0 Å². The van der Waals surface area contributed by atoms with Crippen LogP contribution in [0.15, 0.2) is 0 Å². The topological polar surface area (TPSA) is 96.5 Å². The average Bonchev–Trinajstić information content (AvgIpc) is 3.38. The minimum atomic E-state index is -0.289. The molecule has 27 heavy (non-hydrogen) atoms. The highest BCUT2D eigenvalue weighted by atomic mass is 16.5. The molecule has 2 aliphatic heterocycles. The zero-order valence-electron chi connectivity index (χ0n) is 16.0. The Hall–Kier alpha value is -2.22. The van der Waals surface area contributed by atoms with E-state index in [9.17, 15) is 9.59 Å². The van der Waals surface area contributed by atoms with Crippen LogP contribution in [0.3, 0.4) is 0 Å². The van der Waals surface area contributed by atoms with Crippen LogP contribution in [0.25, 0.3) is 0 Å². The summed E-state index contributed by atoms with van der Waals surface area (Å²) in [5, 5.41) is 5.97. The molecule has 4 rings (SSSR count). The number of aromatic nitrogens is 2. The summed E-state index contributed by atoms with van der Waals surface area (Å²) in [6.07, 6.45) is 3.37. The molecule has 1 aromatic rings. The molecule has 0 radical (unpaired) electrons. The molecule has 2 fully saturated rings. The van der Waals surface area contributed by atoms with Gasteiger partial charge >= 0.3 is 0 Å². The zero-order chi connectivity index (χ0) is 19.0. The van der Waals surface area contributed by atoms with Gasteiger partial charge in [0.15, 0.2) is 0 Å². The summed E-state index contributed by atoms with van der Waals surface area (Å²) in [6.45, 7) is 6.67. The van der Waals surface area contributed by atoms with Gasteiger partial charge in [0, 0.05) is 37.8 Å². The molecule has 146 valence electrons. The van der Waals surface area contributed by atoms with E-state index in [4.69, 9.17) is 9.72 Å². The van der Waals surface area contributed by atoms with Gasteiger partial charge < -0.3 is 20.3 Å². The SMILES string of the molecule is CC(=O)NCC(=O)N1CC[C@@]2(COCc3c(C)nc(NCC4CC4)nc32)C1. The molecule has 1 spiro atoms. The lowest BCUT2D eigenvalue weighted by Gasteiger charge is -2.35. The van der Waals surface area contributed by atoms with Crippen LogP contribution in [0.4, 0.5) is 5.95 Å².